The van der Waals surface area contributed by atoms with Crippen LogP contribution >= 0.6 is 11.3 Å². The third kappa shape index (κ3) is 3.59. The molecule has 0 aliphatic rings. The molecule has 2 rings (SSSR count). The molecule has 0 aliphatic carbocycles. The van der Waals surface area contributed by atoms with Gasteiger partial charge in [-0.05, 0) is 25.1 Å². The van der Waals surface area contributed by atoms with Crippen molar-refractivity contribution in [3.8, 4) is 10.7 Å². The highest BCUT2D eigenvalue weighted by molar-refractivity contribution is 7.15. The van der Waals surface area contributed by atoms with Gasteiger partial charge in [-0.15, -0.1) is 11.3 Å². The van der Waals surface area contributed by atoms with Gasteiger partial charge in [0.05, 0.1) is 12.3 Å². The standard InChI is InChI=1S/C14H18FN3OS/c1-3-6-16-8-12-11(9-19-2)18-14(20-12)13-10(15)5-4-7-17-13/h4-5,7,16H,3,6,8-9H2,1-2H3. The minimum Gasteiger partial charge on any atom is -0.378 e. The lowest BCUT2D eigenvalue weighted by Crippen LogP contribution is -2.14. The maximum absolute atomic E-state index is 13.8. The molecule has 2 aromatic rings. The molecule has 0 atom stereocenters. The molecule has 0 aliphatic heterocycles. The van der Waals surface area contributed by atoms with Gasteiger partial charge in [-0.3, -0.25) is 4.98 Å². The molecule has 0 bridgehead atoms. The summed E-state index contributed by atoms with van der Waals surface area (Å²) in [5, 5.41) is 3.93. The number of thiazole rings is 1. The van der Waals surface area contributed by atoms with Gasteiger partial charge >= 0.3 is 0 Å². The van der Waals surface area contributed by atoms with E-state index in [0.717, 1.165) is 30.1 Å². The molecule has 0 radical (unpaired) electrons. The maximum Gasteiger partial charge on any atom is 0.151 e. The topological polar surface area (TPSA) is 47.0 Å². The van der Waals surface area contributed by atoms with E-state index in [0.29, 0.717) is 17.3 Å². The van der Waals surface area contributed by atoms with Crippen LogP contribution in [0.2, 0.25) is 0 Å². The molecule has 0 unspecified atom stereocenters. The molecule has 4 nitrogen and oxygen atoms in total. The van der Waals surface area contributed by atoms with Crippen LogP contribution in [0.25, 0.3) is 10.7 Å². The number of ether oxygens (including phenoxy) is 1. The second-order valence-electron chi connectivity index (χ2n) is 4.33. The van der Waals surface area contributed by atoms with Gasteiger partial charge in [0.25, 0.3) is 0 Å². The Morgan fingerprint density at radius 2 is 2.30 bits per heavy atom. The molecule has 0 saturated carbocycles. The highest BCUT2D eigenvalue weighted by Crippen LogP contribution is 2.28. The fraction of sp³-hybridized carbons (Fsp3) is 0.429. The van der Waals surface area contributed by atoms with Crippen LogP contribution in [0.5, 0.6) is 0 Å². The highest BCUT2D eigenvalue weighted by Gasteiger charge is 2.15. The molecule has 0 amide bonds. The largest absolute Gasteiger partial charge is 0.378 e. The summed E-state index contributed by atoms with van der Waals surface area (Å²) in [6, 6.07) is 2.97. The van der Waals surface area contributed by atoms with Gasteiger partial charge < -0.3 is 10.1 Å². The fourth-order valence-corrected chi connectivity index (χ4v) is 2.83. The van der Waals surface area contributed by atoms with Crippen molar-refractivity contribution in [3.63, 3.8) is 0 Å². The summed E-state index contributed by atoms with van der Waals surface area (Å²) in [7, 11) is 1.63. The van der Waals surface area contributed by atoms with E-state index in [-0.39, 0.29) is 5.82 Å². The average molecular weight is 295 g/mol. The first kappa shape index (κ1) is 15.0. The predicted octanol–water partition coefficient (Wildman–Crippen LogP) is 2.99. The Kier molecular flexibility index (Phi) is 5.58. The summed E-state index contributed by atoms with van der Waals surface area (Å²) in [6.07, 6.45) is 2.64. The molecule has 0 saturated heterocycles. The Morgan fingerprint density at radius 3 is 3.00 bits per heavy atom. The highest BCUT2D eigenvalue weighted by atomic mass is 32.1. The second kappa shape index (κ2) is 7.42. The van der Waals surface area contributed by atoms with E-state index >= 15 is 0 Å². The van der Waals surface area contributed by atoms with Gasteiger partial charge in [-0.2, -0.15) is 0 Å². The van der Waals surface area contributed by atoms with Crippen LogP contribution in [0.1, 0.15) is 23.9 Å². The summed E-state index contributed by atoms with van der Waals surface area (Å²) in [4.78, 5) is 9.60. The Morgan fingerprint density at radius 1 is 1.45 bits per heavy atom. The molecule has 0 spiro atoms. The molecule has 6 heteroatoms. The van der Waals surface area contributed by atoms with E-state index in [1.165, 1.54) is 17.4 Å². The maximum atomic E-state index is 13.8. The summed E-state index contributed by atoms with van der Waals surface area (Å²) < 4.78 is 18.9. The third-order valence-electron chi connectivity index (χ3n) is 2.73. The Labute approximate surface area is 122 Å². The van der Waals surface area contributed by atoms with Crippen LogP contribution < -0.4 is 5.32 Å². The lowest BCUT2D eigenvalue weighted by molar-refractivity contribution is 0.181. The van der Waals surface area contributed by atoms with Crippen LogP contribution in [0.4, 0.5) is 4.39 Å². The number of aromatic nitrogens is 2. The van der Waals surface area contributed by atoms with Gasteiger partial charge in [-0.1, -0.05) is 6.92 Å². The van der Waals surface area contributed by atoms with E-state index in [4.69, 9.17) is 4.74 Å². The van der Waals surface area contributed by atoms with Crippen LogP contribution in [0, 0.1) is 5.82 Å². The first-order valence-corrected chi connectivity index (χ1v) is 7.37. The van der Waals surface area contributed by atoms with Gasteiger partial charge in [0, 0.05) is 24.7 Å². The molecule has 108 valence electrons. The van der Waals surface area contributed by atoms with E-state index < -0.39 is 0 Å². The van der Waals surface area contributed by atoms with E-state index in [9.17, 15) is 4.39 Å². The molecule has 20 heavy (non-hydrogen) atoms. The van der Waals surface area contributed by atoms with Crippen molar-refractivity contribution in [2.24, 2.45) is 0 Å². The quantitative estimate of drug-likeness (QED) is 0.798. The minimum atomic E-state index is -0.349. The number of hydrogen-bond donors (Lipinski definition) is 1. The normalized spacial score (nSPS) is 10.9. The molecular weight excluding hydrogens is 277 g/mol. The van der Waals surface area contributed by atoms with Crippen molar-refractivity contribution < 1.29 is 9.13 Å². The Hall–Kier alpha value is -1.37. The summed E-state index contributed by atoms with van der Waals surface area (Å²) in [5.74, 6) is -0.349. The van der Waals surface area contributed by atoms with Crippen molar-refractivity contribution in [1.82, 2.24) is 15.3 Å². The molecule has 2 heterocycles. The van der Waals surface area contributed by atoms with Gasteiger partial charge in [0.1, 0.15) is 10.7 Å². The minimum absolute atomic E-state index is 0.302. The van der Waals surface area contributed by atoms with E-state index in [2.05, 4.69) is 22.2 Å². The van der Waals surface area contributed by atoms with Crippen molar-refractivity contribution in [2.45, 2.75) is 26.5 Å². The number of rotatable bonds is 7. The molecule has 1 N–H and O–H groups in total. The Bertz CT molecular complexity index is 559. The van der Waals surface area contributed by atoms with Crippen LogP contribution in [0.3, 0.4) is 0 Å². The smallest absolute Gasteiger partial charge is 0.151 e. The monoisotopic (exact) mass is 295 g/mol. The average Bonchev–Trinajstić information content (AvgIpc) is 2.83. The second-order valence-corrected chi connectivity index (χ2v) is 5.42. The number of halogens is 1. The number of nitrogens with one attached hydrogen (secondary N) is 1. The predicted molar refractivity (Wildman–Crippen MR) is 78.0 cm³/mol. The number of hydrogen-bond acceptors (Lipinski definition) is 5. The van der Waals surface area contributed by atoms with Gasteiger partial charge in [-0.25, -0.2) is 9.37 Å². The number of pyridine rings is 1. The SMILES string of the molecule is CCCNCc1sc(-c2ncccc2F)nc1COC. The zero-order chi connectivity index (χ0) is 14.4. The van der Waals surface area contributed by atoms with Gasteiger partial charge in [0.15, 0.2) is 5.82 Å². The molecule has 2 aromatic heterocycles. The van der Waals surface area contributed by atoms with Gasteiger partial charge in [0.2, 0.25) is 0 Å². The van der Waals surface area contributed by atoms with Crippen molar-refractivity contribution in [1.29, 1.82) is 0 Å². The Balaban J connectivity index is 2.26. The first-order chi connectivity index (χ1) is 9.76. The van der Waals surface area contributed by atoms with Crippen molar-refractivity contribution in [3.05, 3.63) is 34.7 Å². The first-order valence-electron chi connectivity index (χ1n) is 6.55. The molecular formula is C14H18FN3OS. The third-order valence-corrected chi connectivity index (χ3v) is 3.84. The summed E-state index contributed by atoms with van der Waals surface area (Å²) >= 11 is 1.46. The van der Waals surface area contributed by atoms with E-state index in [1.807, 2.05) is 0 Å². The number of methoxy groups -OCH3 is 1. The lowest BCUT2D eigenvalue weighted by atomic mass is 10.3. The van der Waals surface area contributed by atoms with Crippen LogP contribution in [-0.4, -0.2) is 23.6 Å². The number of nitrogens with zero attached hydrogens (tertiary/aromatic N) is 2. The van der Waals surface area contributed by atoms with Crippen LogP contribution in [-0.2, 0) is 17.9 Å². The lowest BCUT2D eigenvalue weighted by Gasteiger charge is -2.02. The zero-order valence-corrected chi connectivity index (χ0v) is 12.5. The van der Waals surface area contributed by atoms with Crippen molar-refractivity contribution >= 4 is 11.3 Å². The molecule has 0 fully saturated rings. The summed E-state index contributed by atoms with van der Waals surface area (Å²) in [5.41, 5.74) is 1.15. The molecule has 0 aromatic carbocycles. The summed E-state index contributed by atoms with van der Waals surface area (Å²) in [6.45, 7) is 4.20. The van der Waals surface area contributed by atoms with Crippen molar-refractivity contribution in [2.75, 3.05) is 13.7 Å². The van der Waals surface area contributed by atoms with Crippen LogP contribution in [0.15, 0.2) is 18.3 Å². The van der Waals surface area contributed by atoms with E-state index in [1.54, 1.807) is 19.4 Å². The fourth-order valence-electron chi connectivity index (χ4n) is 1.79. The zero-order valence-electron chi connectivity index (χ0n) is 11.6.